The SMILES string of the molecule is C=C(C)C(=O)OC1CCS(O)(O)C1. The molecular formula is C8H14O4S. The number of carbonyl (C=O) groups excluding carboxylic acids is 1. The zero-order valence-electron chi connectivity index (χ0n) is 7.52. The molecule has 0 aromatic rings. The molecule has 1 heterocycles. The minimum Gasteiger partial charge on any atom is -0.457 e. The molecule has 1 saturated heterocycles. The van der Waals surface area contributed by atoms with Crippen molar-refractivity contribution in [3.63, 3.8) is 0 Å². The van der Waals surface area contributed by atoms with Crippen LogP contribution >= 0.6 is 10.6 Å². The Hall–Kier alpha value is -0.520. The number of carbonyl (C=O) groups is 1. The molecule has 0 bridgehead atoms. The second kappa shape index (κ2) is 3.69. The molecule has 1 aliphatic heterocycles. The molecule has 76 valence electrons. The smallest absolute Gasteiger partial charge is 0.333 e. The highest BCUT2D eigenvalue weighted by Crippen LogP contribution is 2.46. The third kappa shape index (κ3) is 3.02. The summed E-state index contributed by atoms with van der Waals surface area (Å²) >= 11 is 0. The molecule has 0 aliphatic carbocycles. The normalized spacial score (nSPS) is 28.1. The van der Waals surface area contributed by atoms with Crippen LogP contribution < -0.4 is 0 Å². The highest BCUT2D eigenvalue weighted by atomic mass is 32.3. The fraction of sp³-hybridized carbons (Fsp3) is 0.625. The topological polar surface area (TPSA) is 66.8 Å². The van der Waals surface area contributed by atoms with Crippen LogP contribution in [0.15, 0.2) is 12.2 Å². The van der Waals surface area contributed by atoms with Gasteiger partial charge in [0.25, 0.3) is 0 Å². The van der Waals surface area contributed by atoms with Crippen molar-refractivity contribution in [2.75, 3.05) is 11.5 Å². The Morgan fingerprint density at radius 2 is 2.23 bits per heavy atom. The van der Waals surface area contributed by atoms with Gasteiger partial charge in [0.2, 0.25) is 0 Å². The number of ether oxygens (including phenoxy) is 1. The van der Waals surface area contributed by atoms with Crippen molar-refractivity contribution in [1.29, 1.82) is 0 Å². The first-order chi connectivity index (χ1) is 5.91. The Morgan fingerprint density at radius 1 is 1.62 bits per heavy atom. The van der Waals surface area contributed by atoms with Crippen molar-refractivity contribution in [3.8, 4) is 0 Å². The van der Waals surface area contributed by atoms with E-state index < -0.39 is 16.6 Å². The van der Waals surface area contributed by atoms with Gasteiger partial charge in [0.1, 0.15) is 6.10 Å². The van der Waals surface area contributed by atoms with Gasteiger partial charge < -0.3 is 4.74 Å². The molecule has 1 unspecified atom stereocenters. The summed E-state index contributed by atoms with van der Waals surface area (Å²) in [5.74, 6) is 0.0507. The van der Waals surface area contributed by atoms with Gasteiger partial charge in [0, 0.05) is 17.7 Å². The van der Waals surface area contributed by atoms with Crippen LogP contribution in [0.2, 0.25) is 0 Å². The summed E-state index contributed by atoms with van der Waals surface area (Å²) in [5, 5.41) is 0. The van der Waals surface area contributed by atoms with E-state index in [2.05, 4.69) is 6.58 Å². The Morgan fingerprint density at radius 3 is 2.62 bits per heavy atom. The molecule has 0 amide bonds. The lowest BCUT2D eigenvalue weighted by Gasteiger charge is -2.25. The fourth-order valence-electron chi connectivity index (χ4n) is 1.13. The van der Waals surface area contributed by atoms with E-state index in [0.29, 0.717) is 17.7 Å². The van der Waals surface area contributed by atoms with Crippen molar-refractivity contribution in [1.82, 2.24) is 0 Å². The van der Waals surface area contributed by atoms with Gasteiger partial charge in [-0.1, -0.05) is 6.58 Å². The monoisotopic (exact) mass is 206 g/mol. The molecule has 1 fully saturated rings. The van der Waals surface area contributed by atoms with Crippen molar-refractivity contribution >= 4 is 16.6 Å². The largest absolute Gasteiger partial charge is 0.457 e. The summed E-state index contributed by atoms with van der Waals surface area (Å²) in [6.45, 7) is 5.01. The van der Waals surface area contributed by atoms with Crippen molar-refractivity contribution in [3.05, 3.63) is 12.2 Å². The van der Waals surface area contributed by atoms with E-state index in [0.717, 1.165) is 0 Å². The van der Waals surface area contributed by atoms with Gasteiger partial charge in [-0.05, 0) is 6.92 Å². The number of hydrogen-bond donors (Lipinski definition) is 2. The molecule has 2 N–H and O–H groups in total. The molecule has 0 spiro atoms. The fourth-order valence-corrected chi connectivity index (χ4v) is 2.77. The van der Waals surface area contributed by atoms with Crippen molar-refractivity contribution in [2.45, 2.75) is 19.4 Å². The first-order valence-electron chi connectivity index (χ1n) is 4.01. The summed E-state index contributed by atoms with van der Waals surface area (Å²) in [5.41, 5.74) is 0.336. The van der Waals surface area contributed by atoms with Gasteiger partial charge in [-0.3, -0.25) is 9.11 Å². The maximum absolute atomic E-state index is 11.0. The van der Waals surface area contributed by atoms with E-state index in [1.165, 1.54) is 0 Å². The molecule has 1 rings (SSSR count). The van der Waals surface area contributed by atoms with Gasteiger partial charge in [-0.25, -0.2) is 4.79 Å². The maximum atomic E-state index is 11.0. The lowest BCUT2D eigenvalue weighted by Crippen LogP contribution is -2.18. The molecule has 0 aromatic heterocycles. The second-order valence-electron chi connectivity index (χ2n) is 3.27. The lowest BCUT2D eigenvalue weighted by molar-refractivity contribution is -0.142. The van der Waals surface area contributed by atoms with Crippen LogP contribution in [0.1, 0.15) is 13.3 Å². The summed E-state index contributed by atoms with van der Waals surface area (Å²) in [6.07, 6.45) is 0.177. The van der Waals surface area contributed by atoms with Crippen LogP contribution in [-0.2, 0) is 9.53 Å². The molecule has 1 atom stereocenters. The van der Waals surface area contributed by atoms with Crippen LogP contribution in [0.4, 0.5) is 0 Å². The van der Waals surface area contributed by atoms with E-state index in [-0.39, 0.29) is 11.9 Å². The summed E-state index contributed by atoms with van der Waals surface area (Å²) in [6, 6.07) is 0. The van der Waals surface area contributed by atoms with E-state index in [1.807, 2.05) is 0 Å². The third-order valence-electron chi connectivity index (χ3n) is 1.84. The van der Waals surface area contributed by atoms with Crippen molar-refractivity contribution in [2.24, 2.45) is 0 Å². The van der Waals surface area contributed by atoms with E-state index >= 15 is 0 Å². The van der Waals surface area contributed by atoms with E-state index in [1.54, 1.807) is 6.92 Å². The first kappa shape index (κ1) is 10.6. The molecule has 0 aromatic carbocycles. The molecule has 0 saturated carbocycles. The standard InChI is InChI=1S/C8H14O4S/c1-6(2)8(9)12-7-3-4-13(10,11)5-7/h7,10-11H,1,3-5H2,2H3. The van der Waals surface area contributed by atoms with Gasteiger partial charge in [0.15, 0.2) is 0 Å². The molecular weight excluding hydrogens is 192 g/mol. The lowest BCUT2D eigenvalue weighted by atomic mass is 10.3. The maximum Gasteiger partial charge on any atom is 0.333 e. The van der Waals surface area contributed by atoms with Crippen LogP contribution in [0.5, 0.6) is 0 Å². The van der Waals surface area contributed by atoms with E-state index in [4.69, 9.17) is 4.74 Å². The minimum atomic E-state index is -2.47. The zero-order valence-corrected chi connectivity index (χ0v) is 8.34. The number of esters is 1. The predicted octanol–water partition coefficient (Wildman–Crippen LogP) is 1.63. The predicted molar refractivity (Wildman–Crippen MR) is 51.9 cm³/mol. The van der Waals surface area contributed by atoms with Crippen LogP contribution in [0.3, 0.4) is 0 Å². The van der Waals surface area contributed by atoms with Gasteiger partial charge in [0.05, 0.1) is 5.75 Å². The molecule has 5 heteroatoms. The first-order valence-corrected chi connectivity index (χ1v) is 5.89. The molecule has 1 aliphatic rings. The Bertz CT molecular complexity index is 236. The highest BCUT2D eigenvalue weighted by Gasteiger charge is 2.30. The van der Waals surface area contributed by atoms with Gasteiger partial charge in [-0.15, -0.1) is 0 Å². The van der Waals surface area contributed by atoms with Crippen LogP contribution in [0, 0.1) is 0 Å². The second-order valence-corrected chi connectivity index (χ2v) is 5.62. The Kier molecular flexibility index (Phi) is 3.00. The number of hydrogen-bond acceptors (Lipinski definition) is 4. The minimum absolute atomic E-state index is 0.173. The molecule has 13 heavy (non-hydrogen) atoms. The van der Waals surface area contributed by atoms with Gasteiger partial charge >= 0.3 is 5.97 Å². The number of rotatable bonds is 2. The Balaban J connectivity index is 2.41. The average Bonchev–Trinajstić information content (AvgIpc) is 2.30. The van der Waals surface area contributed by atoms with Crippen molar-refractivity contribution < 1.29 is 18.6 Å². The summed E-state index contributed by atoms with van der Waals surface area (Å²) in [4.78, 5) is 11.0. The highest BCUT2D eigenvalue weighted by molar-refractivity contribution is 8.24. The van der Waals surface area contributed by atoms with Crippen LogP contribution in [-0.4, -0.2) is 32.7 Å². The summed E-state index contributed by atoms with van der Waals surface area (Å²) < 4.78 is 23.5. The van der Waals surface area contributed by atoms with Gasteiger partial charge in [-0.2, -0.15) is 10.6 Å². The van der Waals surface area contributed by atoms with Crippen LogP contribution in [0.25, 0.3) is 0 Å². The Labute approximate surface area is 78.9 Å². The zero-order chi connectivity index (χ0) is 10.1. The third-order valence-corrected chi connectivity index (χ3v) is 3.64. The quantitative estimate of drug-likeness (QED) is 0.532. The summed E-state index contributed by atoms with van der Waals surface area (Å²) in [7, 11) is -2.47. The average molecular weight is 206 g/mol. The van der Waals surface area contributed by atoms with E-state index in [9.17, 15) is 13.9 Å². The molecule has 4 nitrogen and oxygen atoms in total. The molecule has 0 radical (unpaired) electrons.